The lowest BCUT2D eigenvalue weighted by molar-refractivity contribution is -0.0370. The second-order valence-corrected chi connectivity index (χ2v) is 6.87. The van der Waals surface area contributed by atoms with Gasteiger partial charge in [-0.05, 0) is 19.2 Å². The van der Waals surface area contributed by atoms with Crippen LogP contribution >= 0.6 is 11.6 Å². The standard InChI is InChI=1S/C17H21ClN4O/c1-21-5-6-23-16-11-22(10-15(16)21)9-13-8-19-20-17(13)12-3-2-4-14(18)7-12/h2-4,7-8,15-16H,5-6,9-11H2,1H3,(H,19,20)/t15-,16-/m1/s1. The van der Waals surface area contributed by atoms with E-state index >= 15 is 0 Å². The van der Waals surface area contributed by atoms with Crippen LogP contribution in [0.1, 0.15) is 5.56 Å². The normalized spacial score (nSPS) is 25.7. The second-order valence-electron chi connectivity index (χ2n) is 6.43. The molecule has 2 saturated heterocycles. The van der Waals surface area contributed by atoms with Gasteiger partial charge in [0.1, 0.15) is 0 Å². The van der Waals surface area contributed by atoms with Crippen LogP contribution in [0.2, 0.25) is 5.02 Å². The van der Waals surface area contributed by atoms with Crippen molar-refractivity contribution in [3.8, 4) is 11.3 Å². The summed E-state index contributed by atoms with van der Waals surface area (Å²) in [6.45, 7) is 4.76. The van der Waals surface area contributed by atoms with Gasteiger partial charge in [-0.15, -0.1) is 0 Å². The Morgan fingerprint density at radius 2 is 2.30 bits per heavy atom. The summed E-state index contributed by atoms with van der Waals surface area (Å²) in [6.07, 6.45) is 2.25. The molecule has 2 aromatic rings. The smallest absolute Gasteiger partial charge is 0.0869 e. The van der Waals surface area contributed by atoms with E-state index in [1.807, 2.05) is 24.4 Å². The van der Waals surface area contributed by atoms with Gasteiger partial charge in [0.05, 0.1) is 24.6 Å². The Hall–Kier alpha value is -1.40. The first kappa shape index (κ1) is 15.1. The number of hydrogen-bond donors (Lipinski definition) is 1. The molecule has 4 rings (SSSR count). The molecule has 0 aliphatic carbocycles. The van der Waals surface area contributed by atoms with E-state index in [9.17, 15) is 0 Å². The van der Waals surface area contributed by atoms with Crippen LogP contribution in [0, 0.1) is 0 Å². The fourth-order valence-corrected chi connectivity index (χ4v) is 3.82. The van der Waals surface area contributed by atoms with Crippen LogP contribution in [0.25, 0.3) is 11.3 Å². The molecule has 2 aliphatic rings. The number of likely N-dealkylation sites (N-methyl/N-ethyl adjacent to an activating group) is 1. The van der Waals surface area contributed by atoms with E-state index in [2.05, 4.69) is 33.1 Å². The highest BCUT2D eigenvalue weighted by Gasteiger charge is 2.38. The Morgan fingerprint density at radius 3 is 3.13 bits per heavy atom. The Labute approximate surface area is 141 Å². The van der Waals surface area contributed by atoms with Crippen molar-refractivity contribution in [2.75, 3.05) is 33.3 Å². The number of likely N-dealkylation sites (tertiary alicyclic amines) is 1. The van der Waals surface area contributed by atoms with Crippen molar-refractivity contribution in [2.45, 2.75) is 18.7 Å². The number of morpholine rings is 1. The van der Waals surface area contributed by atoms with Crippen molar-refractivity contribution in [1.82, 2.24) is 20.0 Å². The molecule has 23 heavy (non-hydrogen) atoms. The number of aromatic nitrogens is 2. The first-order valence-corrected chi connectivity index (χ1v) is 8.41. The maximum absolute atomic E-state index is 6.12. The molecule has 0 unspecified atom stereocenters. The molecule has 0 spiro atoms. The van der Waals surface area contributed by atoms with E-state index < -0.39 is 0 Å². The summed E-state index contributed by atoms with van der Waals surface area (Å²) < 4.78 is 5.93. The van der Waals surface area contributed by atoms with Crippen LogP contribution in [0.5, 0.6) is 0 Å². The Kier molecular flexibility index (Phi) is 4.11. The molecule has 6 heteroatoms. The number of nitrogens with one attached hydrogen (secondary N) is 1. The number of rotatable bonds is 3. The summed E-state index contributed by atoms with van der Waals surface area (Å²) in [5.74, 6) is 0. The molecule has 0 radical (unpaired) electrons. The van der Waals surface area contributed by atoms with Gasteiger partial charge in [-0.2, -0.15) is 5.10 Å². The number of fused-ring (bicyclic) bond motifs is 1. The molecule has 0 saturated carbocycles. The van der Waals surface area contributed by atoms with Crippen LogP contribution < -0.4 is 0 Å². The number of H-pyrrole nitrogens is 1. The minimum absolute atomic E-state index is 0.329. The van der Waals surface area contributed by atoms with Crippen molar-refractivity contribution < 1.29 is 4.74 Å². The molecule has 1 N–H and O–H groups in total. The number of halogens is 1. The summed E-state index contributed by atoms with van der Waals surface area (Å²) in [5.41, 5.74) is 3.33. The third kappa shape index (κ3) is 3.02. The summed E-state index contributed by atoms with van der Waals surface area (Å²) in [5, 5.41) is 8.10. The third-order valence-electron chi connectivity index (χ3n) is 4.88. The highest BCUT2D eigenvalue weighted by molar-refractivity contribution is 6.30. The van der Waals surface area contributed by atoms with Gasteiger partial charge in [-0.3, -0.25) is 14.9 Å². The molecule has 2 fully saturated rings. The summed E-state index contributed by atoms with van der Waals surface area (Å²) in [6, 6.07) is 8.39. The van der Waals surface area contributed by atoms with E-state index in [1.165, 1.54) is 5.56 Å². The van der Waals surface area contributed by atoms with Crippen molar-refractivity contribution in [3.05, 3.63) is 41.0 Å². The molecule has 0 amide bonds. The average molecular weight is 333 g/mol. The zero-order chi connectivity index (χ0) is 15.8. The summed E-state index contributed by atoms with van der Waals surface area (Å²) >= 11 is 6.12. The monoisotopic (exact) mass is 332 g/mol. The largest absolute Gasteiger partial charge is 0.374 e. The predicted octanol–water partition coefficient (Wildman–Crippen LogP) is 2.24. The quantitative estimate of drug-likeness (QED) is 0.936. The highest BCUT2D eigenvalue weighted by Crippen LogP contribution is 2.27. The fourth-order valence-electron chi connectivity index (χ4n) is 3.63. The zero-order valence-corrected chi connectivity index (χ0v) is 14.0. The van der Waals surface area contributed by atoms with Crippen molar-refractivity contribution in [2.24, 2.45) is 0 Å². The van der Waals surface area contributed by atoms with Gasteiger partial charge in [-0.1, -0.05) is 23.7 Å². The number of nitrogens with zero attached hydrogens (tertiary/aromatic N) is 3. The molecule has 5 nitrogen and oxygen atoms in total. The Balaban J connectivity index is 1.51. The molecule has 3 heterocycles. The van der Waals surface area contributed by atoms with Crippen LogP contribution in [-0.4, -0.2) is 65.4 Å². The lowest BCUT2D eigenvalue weighted by Crippen LogP contribution is -2.48. The molecule has 1 aromatic carbocycles. The topological polar surface area (TPSA) is 44.4 Å². The summed E-state index contributed by atoms with van der Waals surface area (Å²) in [7, 11) is 2.19. The molecule has 122 valence electrons. The van der Waals surface area contributed by atoms with Gasteiger partial charge in [0, 0.05) is 48.4 Å². The van der Waals surface area contributed by atoms with Crippen LogP contribution in [0.3, 0.4) is 0 Å². The number of aromatic amines is 1. The average Bonchev–Trinajstić information content (AvgIpc) is 3.15. The van der Waals surface area contributed by atoms with E-state index in [0.29, 0.717) is 12.1 Å². The van der Waals surface area contributed by atoms with Crippen molar-refractivity contribution in [3.63, 3.8) is 0 Å². The van der Waals surface area contributed by atoms with Crippen LogP contribution in [0.15, 0.2) is 30.5 Å². The van der Waals surface area contributed by atoms with Gasteiger partial charge in [-0.25, -0.2) is 0 Å². The van der Waals surface area contributed by atoms with Crippen LogP contribution in [-0.2, 0) is 11.3 Å². The van der Waals surface area contributed by atoms with Gasteiger partial charge < -0.3 is 4.74 Å². The molecule has 0 bridgehead atoms. The molecule has 2 atom stereocenters. The first-order chi connectivity index (χ1) is 11.2. The first-order valence-electron chi connectivity index (χ1n) is 8.03. The third-order valence-corrected chi connectivity index (χ3v) is 5.11. The van der Waals surface area contributed by atoms with E-state index in [0.717, 1.165) is 49.1 Å². The number of hydrogen-bond acceptors (Lipinski definition) is 4. The predicted molar refractivity (Wildman–Crippen MR) is 90.5 cm³/mol. The zero-order valence-electron chi connectivity index (χ0n) is 13.2. The van der Waals surface area contributed by atoms with Gasteiger partial charge in [0.25, 0.3) is 0 Å². The maximum Gasteiger partial charge on any atom is 0.0869 e. The molecular formula is C17H21ClN4O. The Bertz CT molecular complexity index is 689. The number of ether oxygens (including phenoxy) is 1. The van der Waals surface area contributed by atoms with Crippen molar-refractivity contribution in [1.29, 1.82) is 0 Å². The SMILES string of the molecule is CN1CCO[C@@H]2CN(Cc3cn[nH]c3-c3cccc(Cl)c3)C[C@H]21. The molecular weight excluding hydrogens is 312 g/mol. The maximum atomic E-state index is 6.12. The van der Waals surface area contributed by atoms with E-state index in [1.54, 1.807) is 0 Å². The van der Waals surface area contributed by atoms with Crippen LogP contribution in [0.4, 0.5) is 0 Å². The molecule has 2 aliphatic heterocycles. The minimum Gasteiger partial charge on any atom is -0.374 e. The van der Waals surface area contributed by atoms with E-state index in [-0.39, 0.29) is 0 Å². The number of benzene rings is 1. The van der Waals surface area contributed by atoms with Gasteiger partial charge >= 0.3 is 0 Å². The van der Waals surface area contributed by atoms with Gasteiger partial charge in [0.15, 0.2) is 0 Å². The van der Waals surface area contributed by atoms with E-state index in [4.69, 9.17) is 16.3 Å². The fraction of sp³-hybridized carbons (Fsp3) is 0.471. The lowest BCUT2D eigenvalue weighted by Gasteiger charge is -2.33. The molecule has 1 aromatic heterocycles. The van der Waals surface area contributed by atoms with Gasteiger partial charge in [0.2, 0.25) is 0 Å². The Morgan fingerprint density at radius 1 is 1.39 bits per heavy atom. The second kappa shape index (κ2) is 6.24. The lowest BCUT2D eigenvalue weighted by atomic mass is 10.1. The summed E-state index contributed by atoms with van der Waals surface area (Å²) in [4.78, 5) is 4.87. The minimum atomic E-state index is 0.329. The highest BCUT2D eigenvalue weighted by atomic mass is 35.5. The van der Waals surface area contributed by atoms with Crippen molar-refractivity contribution >= 4 is 11.6 Å².